The Morgan fingerprint density at radius 3 is 2.58 bits per heavy atom. The Labute approximate surface area is 217 Å². The molecule has 0 aliphatic rings. The summed E-state index contributed by atoms with van der Waals surface area (Å²) < 4.78 is 26.8. The zero-order chi connectivity index (χ0) is 25.5. The number of nitrogens with zero attached hydrogens (tertiary/aromatic N) is 2. The molecule has 8 heteroatoms. The van der Waals surface area contributed by atoms with Gasteiger partial charge in [0.05, 0.1) is 18.1 Å². The minimum absolute atomic E-state index is 0.289. The van der Waals surface area contributed by atoms with Crippen molar-refractivity contribution < 1.29 is 18.7 Å². The summed E-state index contributed by atoms with van der Waals surface area (Å²) in [5.41, 5.74) is 3.75. The number of aromatic nitrogens is 2. The van der Waals surface area contributed by atoms with Gasteiger partial charge in [-0.15, -0.1) is 0 Å². The van der Waals surface area contributed by atoms with Crippen LogP contribution in [-0.4, -0.2) is 22.8 Å². The van der Waals surface area contributed by atoms with Crippen LogP contribution in [0, 0.1) is 12.7 Å². The topological polar surface area (TPSA) is 65.4 Å². The van der Waals surface area contributed by atoms with Crippen molar-refractivity contribution in [2.24, 2.45) is 0 Å². The minimum Gasteiger partial charge on any atom is -0.496 e. The van der Waals surface area contributed by atoms with Gasteiger partial charge in [-0.25, -0.2) is 4.39 Å². The zero-order valence-corrected chi connectivity index (χ0v) is 21.5. The smallest absolute Gasteiger partial charge is 0.249 e. The number of hydrogen-bond acceptors (Lipinski definition) is 4. The summed E-state index contributed by atoms with van der Waals surface area (Å²) in [6.45, 7) is 2.81. The predicted molar refractivity (Wildman–Crippen MR) is 142 cm³/mol. The van der Waals surface area contributed by atoms with E-state index in [1.54, 1.807) is 36.2 Å². The maximum Gasteiger partial charge on any atom is 0.249 e. The van der Waals surface area contributed by atoms with E-state index in [9.17, 15) is 9.18 Å². The molecule has 184 valence electrons. The van der Waals surface area contributed by atoms with E-state index in [1.807, 2.05) is 49.4 Å². The van der Waals surface area contributed by atoms with E-state index in [4.69, 9.17) is 9.47 Å². The third-order valence-corrected chi connectivity index (χ3v) is 5.94. The van der Waals surface area contributed by atoms with Crippen molar-refractivity contribution in [3.8, 4) is 11.5 Å². The second-order valence-corrected chi connectivity index (χ2v) is 9.00. The Bertz CT molecular complexity index is 1370. The maximum absolute atomic E-state index is 13.1. The first-order valence-corrected chi connectivity index (χ1v) is 12.0. The number of halogens is 2. The molecule has 3 aromatic carbocycles. The monoisotopic (exact) mass is 549 g/mol. The van der Waals surface area contributed by atoms with E-state index in [0.717, 1.165) is 28.0 Å². The molecule has 0 saturated carbocycles. The van der Waals surface area contributed by atoms with E-state index in [1.165, 1.54) is 18.2 Å². The van der Waals surface area contributed by atoms with Gasteiger partial charge in [-0.1, -0.05) is 35.9 Å². The molecule has 0 fully saturated rings. The zero-order valence-electron chi connectivity index (χ0n) is 19.9. The standard InChI is InChI=1S/C28H25BrFN3O3/c1-19-3-11-24(12-4-19)36-18-22-15-20(7-13-26(22)35-2)8-14-27(34)31-28-25(29)17-33(32-28)16-21-5-9-23(30)10-6-21/h3-15,17H,16,18H2,1-2H3,(H,31,32,34)/b14-8+. The van der Waals surface area contributed by atoms with E-state index in [2.05, 4.69) is 26.3 Å². The SMILES string of the molecule is COc1ccc(/C=C/C(=O)Nc2nn(Cc3ccc(F)cc3)cc2Br)cc1COc1ccc(C)cc1. The van der Waals surface area contributed by atoms with Gasteiger partial charge < -0.3 is 14.8 Å². The number of nitrogens with one attached hydrogen (secondary N) is 1. The number of ether oxygens (including phenoxy) is 2. The predicted octanol–water partition coefficient (Wildman–Crippen LogP) is 6.38. The molecule has 0 bridgehead atoms. The molecule has 6 nitrogen and oxygen atoms in total. The number of benzene rings is 3. The molecular weight excluding hydrogens is 525 g/mol. The fourth-order valence-electron chi connectivity index (χ4n) is 3.48. The third-order valence-electron chi connectivity index (χ3n) is 5.36. The highest BCUT2D eigenvalue weighted by Gasteiger charge is 2.10. The molecule has 4 rings (SSSR count). The van der Waals surface area contributed by atoms with Crippen molar-refractivity contribution in [3.63, 3.8) is 0 Å². The molecule has 1 amide bonds. The lowest BCUT2D eigenvalue weighted by atomic mass is 10.1. The van der Waals surface area contributed by atoms with Crippen LogP contribution in [0.5, 0.6) is 11.5 Å². The largest absolute Gasteiger partial charge is 0.496 e. The van der Waals surface area contributed by atoms with Gasteiger partial charge in [0, 0.05) is 17.8 Å². The Balaban J connectivity index is 1.39. The van der Waals surface area contributed by atoms with Crippen LogP contribution in [0.25, 0.3) is 6.08 Å². The first kappa shape index (κ1) is 25.2. The summed E-state index contributed by atoms with van der Waals surface area (Å²) in [6.07, 6.45) is 4.91. The van der Waals surface area contributed by atoms with Crippen LogP contribution in [0.4, 0.5) is 10.2 Å². The fraction of sp³-hybridized carbons (Fsp3) is 0.143. The first-order valence-electron chi connectivity index (χ1n) is 11.2. The van der Waals surface area contributed by atoms with Crippen LogP contribution in [0.15, 0.2) is 83.5 Å². The van der Waals surface area contributed by atoms with Crippen molar-refractivity contribution in [3.05, 3.63) is 112 Å². The molecule has 0 aliphatic carbocycles. The summed E-state index contributed by atoms with van der Waals surface area (Å²) in [6, 6.07) is 19.7. The van der Waals surface area contributed by atoms with Gasteiger partial charge >= 0.3 is 0 Å². The fourth-order valence-corrected chi connectivity index (χ4v) is 3.90. The number of hydrogen-bond donors (Lipinski definition) is 1. The second kappa shape index (κ2) is 11.7. The lowest BCUT2D eigenvalue weighted by Crippen LogP contribution is -2.09. The van der Waals surface area contributed by atoms with Gasteiger partial charge in [0.15, 0.2) is 5.82 Å². The van der Waals surface area contributed by atoms with Crippen LogP contribution in [0.2, 0.25) is 0 Å². The van der Waals surface area contributed by atoms with E-state index < -0.39 is 0 Å². The van der Waals surface area contributed by atoms with E-state index >= 15 is 0 Å². The molecule has 0 saturated heterocycles. The van der Waals surface area contributed by atoms with Crippen LogP contribution in [0.3, 0.4) is 0 Å². The highest BCUT2D eigenvalue weighted by Crippen LogP contribution is 2.24. The number of aryl methyl sites for hydroxylation is 1. The second-order valence-electron chi connectivity index (χ2n) is 8.15. The van der Waals surface area contributed by atoms with Crippen molar-refractivity contribution >= 4 is 33.7 Å². The number of carbonyl (C=O) groups is 1. The Morgan fingerprint density at radius 1 is 1.11 bits per heavy atom. The third kappa shape index (κ3) is 6.82. The minimum atomic E-state index is -0.323. The van der Waals surface area contributed by atoms with Gasteiger partial charge in [-0.3, -0.25) is 9.48 Å². The summed E-state index contributed by atoms with van der Waals surface area (Å²) in [5, 5.41) is 7.17. The van der Waals surface area contributed by atoms with Crippen LogP contribution < -0.4 is 14.8 Å². The van der Waals surface area contributed by atoms with Crippen LogP contribution in [-0.2, 0) is 17.9 Å². The molecule has 4 aromatic rings. The number of amides is 1. The Hall–Kier alpha value is -3.91. The Kier molecular flexibility index (Phi) is 8.17. The summed E-state index contributed by atoms with van der Waals surface area (Å²) in [7, 11) is 1.61. The lowest BCUT2D eigenvalue weighted by Gasteiger charge is -2.11. The number of anilines is 1. The average molecular weight is 550 g/mol. The summed E-state index contributed by atoms with van der Waals surface area (Å²) >= 11 is 3.42. The molecule has 0 radical (unpaired) electrons. The molecule has 1 N–H and O–H groups in total. The number of rotatable bonds is 9. The van der Waals surface area contributed by atoms with Gasteiger partial charge in [-0.05, 0) is 76.5 Å². The van der Waals surface area contributed by atoms with Gasteiger partial charge in [-0.2, -0.15) is 5.10 Å². The quantitative estimate of drug-likeness (QED) is 0.246. The normalized spacial score (nSPS) is 11.0. The van der Waals surface area contributed by atoms with Crippen molar-refractivity contribution in [1.29, 1.82) is 0 Å². The molecule has 36 heavy (non-hydrogen) atoms. The van der Waals surface area contributed by atoms with Crippen molar-refractivity contribution in [1.82, 2.24) is 9.78 Å². The van der Waals surface area contributed by atoms with Crippen LogP contribution in [0.1, 0.15) is 22.3 Å². The van der Waals surface area contributed by atoms with Crippen molar-refractivity contribution in [2.45, 2.75) is 20.1 Å². The molecule has 0 aliphatic heterocycles. The first-order chi connectivity index (χ1) is 17.4. The molecule has 0 spiro atoms. The average Bonchev–Trinajstić information content (AvgIpc) is 3.21. The number of methoxy groups -OCH3 is 1. The molecule has 1 heterocycles. The van der Waals surface area contributed by atoms with Crippen molar-refractivity contribution in [2.75, 3.05) is 12.4 Å². The lowest BCUT2D eigenvalue weighted by molar-refractivity contribution is -0.111. The summed E-state index contributed by atoms with van der Waals surface area (Å²) in [5.74, 6) is 1.26. The molecule has 0 atom stereocenters. The molecule has 0 unspecified atom stereocenters. The number of carbonyl (C=O) groups excluding carboxylic acids is 1. The van der Waals surface area contributed by atoms with E-state index in [-0.39, 0.29) is 11.7 Å². The molecule has 1 aromatic heterocycles. The van der Waals surface area contributed by atoms with Gasteiger partial charge in [0.1, 0.15) is 23.9 Å². The van der Waals surface area contributed by atoms with Crippen LogP contribution >= 0.6 is 15.9 Å². The highest BCUT2D eigenvalue weighted by atomic mass is 79.9. The molecular formula is C28H25BrFN3O3. The Morgan fingerprint density at radius 2 is 1.86 bits per heavy atom. The summed E-state index contributed by atoms with van der Waals surface area (Å²) in [4.78, 5) is 12.5. The van der Waals surface area contributed by atoms with Gasteiger partial charge in [0.25, 0.3) is 0 Å². The van der Waals surface area contributed by atoms with Gasteiger partial charge in [0.2, 0.25) is 5.91 Å². The highest BCUT2D eigenvalue weighted by molar-refractivity contribution is 9.10. The van der Waals surface area contributed by atoms with E-state index in [0.29, 0.717) is 29.2 Å². The maximum atomic E-state index is 13.1.